The third kappa shape index (κ3) is 3.89. The Labute approximate surface area is 188 Å². The van der Waals surface area contributed by atoms with Crippen molar-refractivity contribution in [2.45, 2.75) is 49.3 Å². The molecular formula is C21H27N5O4S2. The van der Waals surface area contributed by atoms with E-state index in [1.165, 1.54) is 16.5 Å². The van der Waals surface area contributed by atoms with Crippen LogP contribution in [0, 0.1) is 12.8 Å². The number of sulfonamides is 1. The third-order valence-corrected chi connectivity index (χ3v) is 9.63. The molecule has 0 amide bonds. The molecule has 0 radical (unpaired) electrons. The van der Waals surface area contributed by atoms with Crippen molar-refractivity contribution >= 4 is 36.9 Å². The van der Waals surface area contributed by atoms with Crippen molar-refractivity contribution in [2.24, 2.45) is 11.1 Å². The van der Waals surface area contributed by atoms with Crippen LogP contribution >= 0.6 is 0 Å². The zero-order valence-electron chi connectivity index (χ0n) is 18.2. The number of nitrogens with two attached hydrogens (primary N) is 1. The van der Waals surface area contributed by atoms with E-state index in [0.29, 0.717) is 36.1 Å². The fourth-order valence-electron chi connectivity index (χ4n) is 4.47. The summed E-state index contributed by atoms with van der Waals surface area (Å²) < 4.78 is 51.2. The number of rotatable bonds is 7. The van der Waals surface area contributed by atoms with Crippen molar-refractivity contribution in [3.8, 4) is 0 Å². The summed E-state index contributed by atoms with van der Waals surface area (Å²) in [5.41, 5.74) is 1.27. The lowest BCUT2D eigenvalue weighted by Crippen LogP contribution is -2.49. The van der Waals surface area contributed by atoms with Crippen LogP contribution in [0.5, 0.6) is 0 Å². The van der Waals surface area contributed by atoms with E-state index in [1.807, 2.05) is 25.8 Å². The molecule has 2 N–H and O–H groups in total. The van der Waals surface area contributed by atoms with Gasteiger partial charge in [-0.1, -0.05) is 24.6 Å². The van der Waals surface area contributed by atoms with Gasteiger partial charge in [0.15, 0.2) is 5.65 Å². The molecule has 0 spiro atoms. The molecule has 0 bridgehead atoms. The van der Waals surface area contributed by atoms with Crippen molar-refractivity contribution in [1.29, 1.82) is 0 Å². The van der Waals surface area contributed by atoms with Crippen molar-refractivity contribution in [2.75, 3.05) is 11.9 Å². The number of nitrogens with zero attached hydrogens (tertiary/aromatic N) is 4. The fourth-order valence-corrected chi connectivity index (χ4v) is 6.99. The first-order chi connectivity index (χ1) is 15.0. The number of fused-ring (bicyclic) bond motifs is 1. The highest BCUT2D eigenvalue weighted by Crippen LogP contribution is 2.39. The minimum atomic E-state index is -3.81. The molecule has 3 aromatic rings. The van der Waals surface area contributed by atoms with E-state index in [2.05, 4.69) is 9.97 Å². The minimum Gasteiger partial charge on any atom is -0.356 e. The van der Waals surface area contributed by atoms with Crippen LogP contribution in [0.4, 0.5) is 5.82 Å². The number of benzene rings is 1. The highest BCUT2D eigenvalue weighted by molar-refractivity contribution is 7.90. The molecule has 4 rings (SSSR count). The number of hydrogen-bond acceptors (Lipinski definition) is 7. The normalized spacial score (nSPS) is 20.1. The lowest BCUT2D eigenvalue weighted by Gasteiger charge is -2.44. The van der Waals surface area contributed by atoms with Gasteiger partial charge in [0, 0.05) is 19.3 Å². The molecule has 1 saturated carbocycles. The molecule has 11 heteroatoms. The van der Waals surface area contributed by atoms with Gasteiger partial charge >= 0.3 is 0 Å². The summed E-state index contributed by atoms with van der Waals surface area (Å²) in [5, 5.41) is 5.46. The van der Waals surface area contributed by atoms with E-state index in [4.69, 9.17) is 5.14 Å². The Morgan fingerprint density at radius 1 is 1.12 bits per heavy atom. The fraction of sp³-hybridized carbons (Fsp3) is 0.429. The number of primary sulfonamides is 1. The molecule has 0 aliphatic heterocycles. The second-order valence-electron chi connectivity index (χ2n) is 8.40. The predicted molar refractivity (Wildman–Crippen MR) is 123 cm³/mol. The second kappa shape index (κ2) is 8.13. The predicted octanol–water partition coefficient (Wildman–Crippen LogP) is 2.26. The van der Waals surface area contributed by atoms with Gasteiger partial charge in [-0.15, -0.1) is 0 Å². The lowest BCUT2D eigenvalue weighted by atomic mass is 9.76. The highest BCUT2D eigenvalue weighted by atomic mass is 32.2. The summed E-state index contributed by atoms with van der Waals surface area (Å²) in [6.45, 7) is 3.73. The summed E-state index contributed by atoms with van der Waals surface area (Å²) in [5.74, 6) is 0.617. The van der Waals surface area contributed by atoms with Crippen molar-refractivity contribution in [3.63, 3.8) is 0 Å². The average Bonchev–Trinajstić information content (AvgIpc) is 3.14. The average molecular weight is 478 g/mol. The van der Waals surface area contributed by atoms with E-state index in [1.54, 1.807) is 30.3 Å². The monoisotopic (exact) mass is 477 g/mol. The van der Waals surface area contributed by atoms with Crippen molar-refractivity contribution in [1.82, 2.24) is 13.9 Å². The molecule has 9 nitrogen and oxygen atoms in total. The topological polar surface area (TPSA) is 128 Å². The van der Waals surface area contributed by atoms with Gasteiger partial charge in [-0.25, -0.2) is 35.9 Å². The van der Waals surface area contributed by atoms with Gasteiger partial charge in [0.1, 0.15) is 12.1 Å². The Hall–Kier alpha value is -2.50. The molecule has 1 aliphatic carbocycles. The zero-order valence-corrected chi connectivity index (χ0v) is 19.8. The zero-order chi connectivity index (χ0) is 23.3. The van der Waals surface area contributed by atoms with Crippen LogP contribution in [0.2, 0.25) is 0 Å². The van der Waals surface area contributed by atoms with E-state index in [0.717, 1.165) is 5.56 Å². The molecule has 1 atom stereocenters. The third-order valence-electron chi connectivity index (χ3n) is 6.39. The molecule has 1 aromatic carbocycles. The van der Waals surface area contributed by atoms with Crippen LogP contribution in [0.3, 0.4) is 0 Å². The van der Waals surface area contributed by atoms with Gasteiger partial charge in [-0.05, 0) is 50.3 Å². The van der Waals surface area contributed by atoms with Crippen LogP contribution in [-0.2, 0) is 20.0 Å². The number of aryl methyl sites for hydroxylation is 1. The number of hydrogen-bond donors (Lipinski definition) is 1. The van der Waals surface area contributed by atoms with Gasteiger partial charge in [0.25, 0.3) is 10.0 Å². The van der Waals surface area contributed by atoms with E-state index in [9.17, 15) is 16.8 Å². The summed E-state index contributed by atoms with van der Waals surface area (Å²) in [6.07, 6.45) is 4.68. The largest absolute Gasteiger partial charge is 0.356 e. The standard InChI is InChI=1S/C21H27N5O4S2/c1-4-19(31(22,27)28)15-11-16(12-15)25(3)20-18-9-10-26(21(18)24-13-23-20)32(29,30)17-7-5-14(2)6-8-17/h5-10,13,15-16,19H,4,11-12H2,1-3H3,(H2,22,27,28). The quantitative estimate of drug-likeness (QED) is 0.553. The summed E-state index contributed by atoms with van der Waals surface area (Å²) in [7, 11) is -5.50. The molecule has 1 fully saturated rings. The van der Waals surface area contributed by atoms with Crippen molar-refractivity contribution < 1.29 is 16.8 Å². The maximum absolute atomic E-state index is 13.2. The van der Waals surface area contributed by atoms with Gasteiger partial charge in [0.2, 0.25) is 10.0 Å². The minimum absolute atomic E-state index is 0.00583. The van der Waals surface area contributed by atoms with E-state index < -0.39 is 25.3 Å². The van der Waals surface area contributed by atoms with Gasteiger partial charge in [-0.3, -0.25) is 0 Å². The lowest BCUT2D eigenvalue weighted by molar-refractivity contribution is 0.243. The summed E-state index contributed by atoms with van der Waals surface area (Å²) >= 11 is 0. The van der Waals surface area contributed by atoms with Crippen LogP contribution in [-0.4, -0.2) is 49.1 Å². The molecule has 32 heavy (non-hydrogen) atoms. The molecule has 0 saturated heterocycles. The Bertz CT molecular complexity index is 1340. The Morgan fingerprint density at radius 2 is 1.78 bits per heavy atom. The number of anilines is 1. The van der Waals surface area contributed by atoms with Crippen LogP contribution < -0.4 is 10.0 Å². The summed E-state index contributed by atoms with van der Waals surface area (Å²) in [6, 6.07) is 8.45. The Kier molecular flexibility index (Phi) is 5.76. The molecule has 1 aliphatic rings. The van der Waals surface area contributed by atoms with E-state index >= 15 is 0 Å². The van der Waals surface area contributed by atoms with E-state index in [-0.39, 0.29) is 16.9 Å². The molecule has 2 heterocycles. The van der Waals surface area contributed by atoms with Gasteiger partial charge < -0.3 is 4.90 Å². The smallest absolute Gasteiger partial charge is 0.269 e. The van der Waals surface area contributed by atoms with Gasteiger partial charge in [0.05, 0.1) is 15.5 Å². The molecule has 1 unspecified atom stereocenters. The maximum atomic E-state index is 13.2. The first kappa shape index (κ1) is 22.7. The molecule has 2 aromatic heterocycles. The van der Waals surface area contributed by atoms with Crippen LogP contribution in [0.25, 0.3) is 11.0 Å². The summed E-state index contributed by atoms with van der Waals surface area (Å²) in [4.78, 5) is 10.8. The second-order valence-corrected chi connectivity index (χ2v) is 12.0. The first-order valence-electron chi connectivity index (χ1n) is 10.4. The van der Waals surface area contributed by atoms with Crippen molar-refractivity contribution in [3.05, 3.63) is 48.4 Å². The Morgan fingerprint density at radius 3 is 2.38 bits per heavy atom. The SMILES string of the molecule is CCC(C1CC(N(C)c2ncnc3c2ccn3S(=O)(=O)c2ccc(C)cc2)C1)S(N)(=O)=O. The first-order valence-corrected chi connectivity index (χ1v) is 13.5. The maximum Gasteiger partial charge on any atom is 0.269 e. The van der Waals surface area contributed by atoms with Crippen LogP contribution in [0.15, 0.2) is 47.8 Å². The number of aromatic nitrogens is 3. The molecule has 172 valence electrons. The molecular weight excluding hydrogens is 450 g/mol. The Balaban J connectivity index is 1.62. The highest BCUT2D eigenvalue weighted by Gasteiger charge is 2.41. The van der Waals surface area contributed by atoms with Crippen LogP contribution in [0.1, 0.15) is 31.7 Å². The van der Waals surface area contributed by atoms with Gasteiger partial charge in [-0.2, -0.15) is 0 Å².